The monoisotopic (exact) mass is 364 g/mol. The maximum Gasteiger partial charge on any atom is 0.285 e. The lowest BCUT2D eigenvalue weighted by Gasteiger charge is -2.20. The molecule has 0 spiro atoms. The maximum atomic E-state index is 14.3. The molecule has 0 aliphatic carbocycles. The molecule has 0 fully saturated rings. The van der Waals surface area contributed by atoms with E-state index >= 15 is 0 Å². The zero-order chi connectivity index (χ0) is 17.5. The van der Waals surface area contributed by atoms with Crippen molar-refractivity contribution in [3.05, 3.63) is 29.3 Å². The minimum absolute atomic E-state index is 0. The summed E-state index contributed by atoms with van der Waals surface area (Å²) in [5.74, 6) is -2.82. The Labute approximate surface area is 149 Å². The molecule has 1 N–H and O–H groups in total. The maximum absolute atomic E-state index is 14.3. The largest absolute Gasteiger partial charge is 0.493 e. The number of benzene rings is 1. The topological polar surface area (TPSA) is 41.6 Å². The van der Waals surface area contributed by atoms with Crippen molar-refractivity contribution in [2.24, 2.45) is 0 Å². The van der Waals surface area contributed by atoms with E-state index in [1.165, 1.54) is 17.0 Å². The van der Waals surface area contributed by atoms with Gasteiger partial charge in [0.2, 0.25) is 5.91 Å². The fourth-order valence-electron chi connectivity index (χ4n) is 1.90. The third-order valence-electron chi connectivity index (χ3n) is 3.49. The van der Waals surface area contributed by atoms with E-state index in [-0.39, 0.29) is 30.4 Å². The van der Waals surface area contributed by atoms with Gasteiger partial charge in [-0.15, -0.1) is 12.4 Å². The standard InChI is InChI=1S/C17H26F2N2O2.ClH/c1-5-6-9-23-15-10-14(8-7-13(15)2)17(18,19)12-20-11-16(22)21(3)4;/h7-8,10,20H,5-6,9,11-12H2,1-4H3;1H. The van der Waals surface area contributed by atoms with E-state index in [9.17, 15) is 13.6 Å². The van der Waals surface area contributed by atoms with E-state index in [1.807, 2.05) is 13.8 Å². The van der Waals surface area contributed by atoms with Crippen LogP contribution in [0.1, 0.15) is 30.9 Å². The third-order valence-corrected chi connectivity index (χ3v) is 3.49. The van der Waals surface area contributed by atoms with Crippen LogP contribution in [0.4, 0.5) is 8.78 Å². The lowest BCUT2D eigenvalue weighted by Crippen LogP contribution is -2.38. The molecular weight excluding hydrogens is 338 g/mol. The molecule has 0 saturated heterocycles. The summed E-state index contributed by atoms with van der Waals surface area (Å²) in [5, 5.41) is 2.51. The Morgan fingerprint density at radius 1 is 1.33 bits per heavy atom. The first-order valence-corrected chi connectivity index (χ1v) is 7.80. The average molecular weight is 365 g/mol. The molecule has 1 aromatic rings. The molecule has 0 atom stereocenters. The first-order valence-electron chi connectivity index (χ1n) is 7.80. The van der Waals surface area contributed by atoms with Gasteiger partial charge in [-0.2, -0.15) is 8.78 Å². The van der Waals surface area contributed by atoms with Gasteiger partial charge in [-0.25, -0.2) is 0 Å². The first kappa shape index (κ1) is 22.6. The molecular formula is C17H27ClF2N2O2. The van der Waals surface area contributed by atoms with Gasteiger partial charge >= 0.3 is 0 Å². The van der Waals surface area contributed by atoms with E-state index in [1.54, 1.807) is 20.2 Å². The van der Waals surface area contributed by atoms with Crippen LogP contribution in [0.2, 0.25) is 0 Å². The summed E-state index contributed by atoms with van der Waals surface area (Å²) in [6.45, 7) is 3.68. The van der Waals surface area contributed by atoms with Gasteiger partial charge < -0.3 is 15.0 Å². The zero-order valence-corrected chi connectivity index (χ0v) is 15.5. The van der Waals surface area contributed by atoms with Crippen LogP contribution in [0.3, 0.4) is 0 Å². The summed E-state index contributed by atoms with van der Waals surface area (Å²) in [7, 11) is 3.17. The lowest BCUT2D eigenvalue weighted by atomic mass is 10.1. The van der Waals surface area contributed by atoms with Crippen LogP contribution >= 0.6 is 12.4 Å². The number of amides is 1. The van der Waals surface area contributed by atoms with E-state index in [0.29, 0.717) is 12.4 Å². The Morgan fingerprint density at radius 2 is 2.00 bits per heavy atom. The summed E-state index contributed by atoms with van der Waals surface area (Å²) in [6.07, 6.45) is 1.87. The molecule has 138 valence electrons. The quantitative estimate of drug-likeness (QED) is 0.683. The van der Waals surface area contributed by atoms with Crippen LogP contribution in [-0.4, -0.2) is 44.6 Å². The number of ether oxygens (including phenoxy) is 1. The number of likely N-dealkylation sites (N-methyl/N-ethyl adjacent to an activating group) is 1. The molecule has 0 saturated carbocycles. The molecule has 0 radical (unpaired) electrons. The summed E-state index contributed by atoms with van der Waals surface area (Å²) >= 11 is 0. The number of rotatable bonds is 9. The number of unbranched alkanes of at least 4 members (excludes halogenated alkanes) is 1. The molecule has 0 aromatic heterocycles. The number of nitrogens with zero attached hydrogens (tertiary/aromatic N) is 1. The van der Waals surface area contributed by atoms with Crippen molar-refractivity contribution in [3.63, 3.8) is 0 Å². The molecule has 1 amide bonds. The molecule has 1 rings (SSSR count). The van der Waals surface area contributed by atoms with E-state index in [4.69, 9.17) is 4.74 Å². The molecule has 0 aliphatic rings. The van der Waals surface area contributed by atoms with Gasteiger partial charge in [-0.05, 0) is 25.0 Å². The number of aryl methyl sites for hydroxylation is 1. The second-order valence-electron chi connectivity index (χ2n) is 5.78. The number of carbonyl (C=O) groups excluding carboxylic acids is 1. The third kappa shape index (κ3) is 7.01. The van der Waals surface area contributed by atoms with Gasteiger partial charge in [0.05, 0.1) is 19.7 Å². The number of hydrogen-bond acceptors (Lipinski definition) is 3. The van der Waals surface area contributed by atoms with Crippen LogP contribution in [0.25, 0.3) is 0 Å². The van der Waals surface area contributed by atoms with E-state index in [0.717, 1.165) is 18.4 Å². The van der Waals surface area contributed by atoms with Gasteiger partial charge in [0.1, 0.15) is 5.75 Å². The Hall–Kier alpha value is -1.40. The van der Waals surface area contributed by atoms with Crippen LogP contribution in [-0.2, 0) is 10.7 Å². The highest BCUT2D eigenvalue weighted by molar-refractivity contribution is 5.85. The van der Waals surface area contributed by atoms with Crippen molar-refractivity contribution in [2.75, 3.05) is 33.8 Å². The Bertz CT molecular complexity index is 525. The highest BCUT2D eigenvalue weighted by Crippen LogP contribution is 2.31. The molecule has 0 heterocycles. The Morgan fingerprint density at radius 3 is 2.58 bits per heavy atom. The SMILES string of the molecule is CCCCOc1cc(C(F)(F)CNCC(=O)N(C)C)ccc1C.Cl. The van der Waals surface area contributed by atoms with Crippen molar-refractivity contribution >= 4 is 18.3 Å². The fourth-order valence-corrected chi connectivity index (χ4v) is 1.90. The average Bonchev–Trinajstić information content (AvgIpc) is 2.48. The molecule has 1 aromatic carbocycles. The van der Waals surface area contributed by atoms with Crippen molar-refractivity contribution in [2.45, 2.75) is 32.6 Å². The smallest absolute Gasteiger partial charge is 0.285 e. The lowest BCUT2D eigenvalue weighted by molar-refractivity contribution is -0.128. The van der Waals surface area contributed by atoms with Gasteiger partial charge in [0, 0.05) is 19.7 Å². The Balaban J connectivity index is 0.00000529. The van der Waals surface area contributed by atoms with Crippen LogP contribution < -0.4 is 10.1 Å². The second kappa shape index (κ2) is 10.5. The van der Waals surface area contributed by atoms with Crippen molar-refractivity contribution in [1.82, 2.24) is 10.2 Å². The zero-order valence-electron chi connectivity index (χ0n) is 14.7. The minimum Gasteiger partial charge on any atom is -0.493 e. The van der Waals surface area contributed by atoms with E-state index in [2.05, 4.69) is 5.32 Å². The summed E-state index contributed by atoms with van der Waals surface area (Å²) < 4.78 is 34.1. The Kier molecular flexibility index (Phi) is 9.85. The number of halogens is 3. The molecule has 7 heteroatoms. The highest BCUT2D eigenvalue weighted by atomic mass is 35.5. The van der Waals surface area contributed by atoms with Crippen molar-refractivity contribution in [1.29, 1.82) is 0 Å². The van der Waals surface area contributed by atoms with Crippen molar-refractivity contribution < 1.29 is 18.3 Å². The highest BCUT2D eigenvalue weighted by Gasteiger charge is 2.32. The fraction of sp³-hybridized carbons (Fsp3) is 0.588. The number of hydrogen-bond donors (Lipinski definition) is 1. The molecule has 4 nitrogen and oxygen atoms in total. The number of carbonyl (C=O) groups is 1. The number of alkyl halides is 2. The minimum atomic E-state index is -3.07. The van der Waals surface area contributed by atoms with Gasteiger partial charge in [0.15, 0.2) is 0 Å². The van der Waals surface area contributed by atoms with E-state index < -0.39 is 12.5 Å². The number of nitrogens with one attached hydrogen (secondary N) is 1. The van der Waals surface area contributed by atoms with Gasteiger partial charge in [0.25, 0.3) is 5.92 Å². The van der Waals surface area contributed by atoms with Crippen LogP contribution in [0, 0.1) is 6.92 Å². The predicted molar refractivity (Wildman–Crippen MR) is 94.3 cm³/mol. The normalized spacial score (nSPS) is 10.9. The van der Waals surface area contributed by atoms with Gasteiger partial charge in [-0.3, -0.25) is 4.79 Å². The second-order valence-corrected chi connectivity index (χ2v) is 5.78. The van der Waals surface area contributed by atoms with Gasteiger partial charge in [-0.1, -0.05) is 25.5 Å². The van der Waals surface area contributed by atoms with Crippen LogP contribution in [0.15, 0.2) is 18.2 Å². The first-order chi connectivity index (χ1) is 10.8. The molecule has 0 unspecified atom stereocenters. The molecule has 0 bridgehead atoms. The molecule has 24 heavy (non-hydrogen) atoms. The summed E-state index contributed by atoms with van der Waals surface area (Å²) in [5.41, 5.74) is 0.718. The van der Waals surface area contributed by atoms with Crippen LogP contribution in [0.5, 0.6) is 5.75 Å². The predicted octanol–water partition coefficient (Wildman–Crippen LogP) is 3.37. The summed E-state index contributed by atoms with van der Waals surface area (Å²) in [4.78, 5) is 12.8. The molecule has 0 aliphatic heterocycles. The van der Waals surface area contributed by atoms with Crippen molar-refractivity contribution in [3.8, 4) is 5.75 Å². The summed E-state index contributed by atoms with van der Waals surface area (Å²) in [6, 6.07) is 4.42.